The molecule has 2 aromatic heterocycles. The van der Waals surface area contributed by atoms with E-state index in [2.05, 4.69) is 34.2 Å². The van der Waals surface area contributed by atoms with Crippen LogP contribution in [0.4, 0.5) is 0 Å². The molecule has 2 rings (SSSR count). The maximum absolute atomic E-state index is 8.80. The Bertz CT molecular complexity index is 438. The van der Waals surface area contributed by atoms with Crippen LogP contribution in [-0.2, 0) is 13.1 Å². The lowest BCUT2D eigenvalue weighted by atomic mass is 10.2. The highest BCUT2D eigenvalue weighted by atomic mass is 32.1. The first-order valence-electron chi connectivity index (χ1n) is 5.67. The van der Waals surface area contributed by atoms with Gasteiger partial charge < -0.3 is 10.4 Å². The minimum Gasteiger partial charge on any atom is -0.394 e. The fraction of sp³-hybridized carbons (Fsp3) is 0.417. The van der Waals surface area contributed by atoms with Gasteiger partial charge in [0.05, 0.1) is 19.3 Å². The molecule has 92 valence electrons. The summed E-state index contributed by atoms with van der Waals surface area (Å²) in [4.78, 5) is 0. The lowest BCUT2D eigenvalue weighted by Crippen LogP contribution is -2.17. The van der Waals surface area contributed by atoms with Gasteiger partial charge in [-0.05, 0) is 29.3 Å². The summed E-state index contributed by atoms with van der Waals surface area (Å²) in [5, 5.41) is 20.7. The van der Waals surface area contributed by atoms with Gasteiger partial charge in [-0.2, -0.15) is 16.4 Å². The third-order valence-corrected chi connectivity index (χ3v) is 3.37. The second kappa shape index (κ2) is 5.95. The van der Waals surface area contributed by atoms with E-state index in [1.165, 1.54) is 5.56 Å². The van der Waals surface area contributed by atoms with Crippen molar-refractivity contribution < 1.29 is 5.11 Å². The van der Waals surface area contributed by atoms with Crippen LogP contribution in [0.5, 0.6) is 0 Å². The average molecular weight is 251 g/mol. The average Bonchev–Trinajstić information content (AvgIpc) is 2.97. The summed E-state index contributed by atoms with van der Waals surface area (Å²) < 4.78 is 1.76. The number of hydrogen-bond acceptors (Lipinski definition) is 4. The Labute approximate surface area is 105 Å². The van der Waals surface area contributed by atoms with Gasteiger partial charge >= 0.3 is 0 Å². The second-order valence-electron chi connectivity index (χ2n) is 3.99. The smallest absolute Gasteiger partial charge is 0.0640 e. The van der Waals surface area contributed by atoms with E-state index >= 15 is 0 Å². The van der Waals surface area contributed by atoms with Gasteiger partial charge in [-0.3, -0.25) is 4.68 Å². The van der Waals surface area contributed by atoms with Gasteiger partial charge in [-0.1, -0.05) is 0 Å². The van der Waals surface area contributed by atoms with Crippen molar-refractivity contribution in [3.05, 3.63) is 40.3 Å². The van der Waals surface area contributed by atoms with Crippen molar-refractivity contribution in [2.75, 3.05) is 6.61 Å². The van der Waals surface area contributed by atoms with E-state index in [4.69, 9.17) is 5.11 Å². The van der Waals surface area contributed by atoms with Gasteiger partial charge in [0.2, 0.25) is 0 Å². The lowest BCUT2D eigenvalue weighted by molar-refractivity contribution is 0.269. The highest BCUT2D eigenvalue weighted by Gasteiger charge is 2.05. The van der Waals surface area contributed by atoms with Crippen molar-refractivity contribution in [2.24, 2.45) is 0 Å². The summed E-state index contributed by atoms with van der Waals surface area (Å²) in [6.07, 6.45) is 3.80. The maximum atomic E-state index is 8.80. The number of thiophene rings is 1. The molecule has 0 radical (unpaired) electrons. The van der Waals surface area contributed by atoms with Crippen LogP contribution >= 0.6 is 11.3 Å². The molecule has 5 heteroatoms. The van der Waals surface area contributed by atoms with E-state index < -0.39 is 0 Å². The zero-order chi connectivity index (χ0) is 12.1. The van der Waals surface area contributed by atoms with E-state index in [-0.39, 0.29) is 6.61 Å². The molecular weight excluding hydrogens is 234 g/mol. The van der Waals surface area contributed by atoms with Crippen LogP contribution in [0.1, 0.15) is 24.1 Å². The Kier molecular flexibility index (Phi) is 4.30. The predicted octanol–water partition coefficient (Wildman–Crippen LogP) is 1.79. The van der Waals surface area contributed by atoms with Gasteiger partial charge in [-0.15, -0.1) is 0 Å². The summed E-state index contributed by atoms with van der Waals surface area (Å²) in [7, 11) is 0. The molecule has 0 spiro atoms. The minimum absolute atomic E-state index is 0.125. The molecule has 0 saturated carbocycles. The zero-order valence-corrected chi connectivity index (χ0v) is 10.7. The van der Waals surface area contributed by atoms with E-state index in [1.54, 1.807) is 16.0 Å². The fourth-order valence-corrected chi connectivity index (χ4v) is 2.39. The maximum Gasteiger partial charge on any atom is 0.0640 e. The van der Waals surface area contributed by atoms with Gasteiger partial charge in [0.15, 0.2) is 0 Å². The van der Waals surface area contributed by atoms with Gasteiger partial charge in [0.25, 0.3) is 0 Å². The van der Waals surface area contributed by atoms with Crippen molar-refractivity contribution >= 4 is 11.3 Å². The summed E-state index contributed by atoms with van der Waals surface area (Å²) in [6.45, 7) is 3.63. The number of aromatic nitrogens is 2. The summed E-state index contributed by atoms with van der Waals surface area (Å²) in [5.74, 6) is 0. The third-order valence-electron chi connectivity index (χ3n) is 2.67. The molecule has 0 amide bonds. The largest absolute Gasteiger partial charge is 0.394 e. The normalized spacial score (nSPS) is 12.8. The molecule has 0 fully saturated rings. The monoisotopic (exact) mass is 251 g/mol. The molecule has 2 aromatic rings. The Morgan fingerprint density at radius 1 is 1.59 bits per heavy atom. The number of rotatable bonds is 6. The van der Waals surface area contributed by atoms with Crippen LogP contribution in [0.2, 0.25) is 0 Å². The van der Waals surface area contributed by atoms with Crippen LogP contribution in [0, 0.1) is 0 Å². The Morgan fingerprint density at radius 2 is 2.47 bits per heavy atom. The highest BCUT2D eigenvalue weighted by Crippen LogP contribution is 2.15. The quantitative estimate of drug-likeness (QED) is 0.823. The van der Waals surface area contributed by atoms with Crippen LogP contribution in [0.3, 0.4) is 0 Å². The van der Waals surface area contributed by atoms with Crippen LogP contribution in [-0.4, -0.2) is 21.5 Å². The van der Waals surface area contributed by atoms with Crippen molar-refractivity contribution in [3.8, 4) is 0 Å². The molecule has 17 heavy (non-hydrogen) atoms. The van der Waals surface area contributed by atoms with Crippen molar-refractivity contribution in [1.82, 2.24) is 15.1 Å². The number of nitrogens with zero attached hydrogens (tertiary/aromatic N) is 2. The van der Waals surface area contributed by atoms with Crippen LogP contribution < -0.4 is 5.32 Å². The number of aliphatic hydroxyl groups excluding tert-OH is 1. The van der Waals surface area contributed by atoms with Crippen molar-refractivity contribution in [1.29, 1.82) is 0 Å². The molecule has 2 heterocycles. The lowest BCUT2D eigenvalue weighted by Gasteiger charge is -2.11. The molecule has 0 aliphatic carbocycles. The molecule has 0 aliphatic rings. The molecular formula is C12H17N3OS. The fourth-order valence-electron chi connectivity index (χ4n) is 1.63. The standard InChI is InChI=1S/C12H17N3OS/c1-10(12-2-5-17-9-12)13-6-11-7-14-15(8-11)3-4-16/h2,5,7-10,13,16H,3-4,6H2,1H3. The first-order valence-corrected chi connectivity index (χ1v) is 6.61. The van der Waals surface area contributed by atoms with Gasteiger partial charge in [0.1, 0.15) is 0 Å². The summed E-state index contributed by atoms with van der Waals surface area (Å²) >= 11 is 1.72. The van der Waals surface area contributed by atoms with E-state index in [0.29, 0.717) is 12.6 Å². The molecule has 0 bridgehead atoms. The molecule has 1 unspecified atom stereocenters. The predicted molar refractivity (Wildman–Crippen MR) is 68.9 cm³/mol. The van der Waals surface area contributed by atoms with Gasteiger partial charge in [0, 0.05) is 24.3 Å². The minimum atomic E-state index is 0.125. The molecule has 4 nitrogen and oxygen atoms in total. The number of hydrogen-bond donors (Lipinski definition) is 2. The first-order chi connectivity index (χ1) is 8.29. The third kappa shape index (κ3) is 3.39. The van der Waals surface area contributed by atoms with E-state index in [0.717, 1.165) is 12.1 Å². The van der Waals surface area contributed by atoms with Gasteiger partial charge in [-0.25, -0.2) is 0 Å². The van der Waals surface area contributed by atoms with Crippen molar-refractivity contribution in [3.63, 3.8) is 0 Å². The molecule has 0 saturated heterocycles. The Morgan fingerprint density at radius 3 is 3.18 bits per heavy atom. The van der Waals surface area contributed by atoms with Crippen LogP contribution in [0.15, 0.2) is 29.2 Å². The molecule has 2 N–H and O–H groups in total. The molecule has 0 aliphatic heterocycles. The molecule has 0 aromatic carbocycles. The topological polar surface area (TPSA) is 50.1 Å². The SMILES string of the molecule is CC(NCc1cnn(CCO)c1)c1ccsc1. The number of aliphatic hydroxyl groups is 1. The second-order valence-corrected chi connectivity index (χ2v) is 4.77. The van der Waals surface area contributed by atoms with Crippen LogP contribution in [0.25, 0.3) is 0 Å². The Balaban J connectivity index is 1.84. The van der Waals surface area contributed by atoms with E-state index in [9.17, 15) is 0 Å². The summed E-state index contributed by atoms with van der Waals surface area (Å²) in [6, 6.07) is 2.49. The highest BCUT2D eigenvalue weighted by molar-refractivity contribution is 7.07. The Hall–Kier alpha value is -1.17. The number of nitrogens with one attached hydrogen (secondary N) is 1. The summed E-state index contributed by atoms with van der Waals surface area (Å²) in [5.41, 5.74) is 2.46. The zero-order valence-electron chi connectivity index (χ0n) is 9.84. The van der Waals surface area contributed by atoms with E-state index in [1.807, 2.05) is 12.4 Å². The van der Waals surface area contributed by atoms with Crippen molar-refractivity contribution in [2.45, 2.75) is 26.1 Å². The first kappa shape index (κ1) is 12.3. The molecule has 1 atom stereocenters.